The quantitative estimate of drug-likeness (QED) is 0.264. The summed E-state index contributed by atoms with van der Waals surface area (Å²) in [6.07, 6.45) is 2.14. The molecule has 0 radical (unpaired) electrons. The highest BCUT2D eigenvalue weighted by Gasteiger charge is 2.30. The summed E-state index contributed by atoms with van der Waals surface area (Å²) in [4.78, 5) is 0. The molecule has 0 fully saturated rings. The fourth-order valence-electron chi connectivity index (χ4n) is 5.03. The van der Waals surface area contributed by atoms with E-state index in [2.05, 4.69) is 133 Å². The second-order valence-corrected chi connectivity index (χ2v) is 11.9. The molecule has 0 aliphatic carbocycles. The first kappa shape index (κ1) is 25.9. The Morgan fingerprint density at radius 1 is 0.750 bits per heavy atom. The van der Waals surface area contributed by atoms with E-state index < -0.39 is 0 Å². The van der Waals surface area contributed by atoms with Crippen molar-refractivity contribution in [2.24, 2.45) is 0 Å². The molecule has 4 rings (SSSR count). The van der Waals surface area contributed by atoms with E-state index in [4.69, 9.17) is 10.2 Å². The maximum absolute atomic E-state index is 4.85. The van der Waals surface area contributed by atoms with Gasteiger partial charge in [-0.25, -0.2) is 0 Å². The molecule has 3 aromatic carbocycles. The van der Waals surface area contributed by atoms with Crippen molar-refractivity contribution in [1.82, 2.24) is 14.8 Å². The van der Waals surface area contributed by atoms with E-state index in [9.17, 15) is 0 Å². The molecule has 0 spiro atoms. The lowest BCUT2D eigenvalue weighted by molar-refractivity contribution is 0.437. The van der Waals surface area contributed by atoms with Crippen LogP contribution in [-0.4, -0.2) is 14.8 Å². The first-order chi connectivity index (χ1) is 17.0. The van der Waals surface area contributed by atoms with Crippen LogP contribution in [0.2, 0.25) is 0 Å². The lowest BCUT2D eigenvalue weighted by Gasteiger charge is -2.26. The minimum absolute atomic E-state index is 0.0611. The van der Waals surface area contributed by atoms with E-state index in [1.807, 2.05) is 0 Å². The first-order valence-corrected chi connectivity index (χ1v) is 13.3. The van der Waals surface area contributed by atoms with Crippen LogP contribution in [0.5, 0.6) is 0 Å². The molecular formula is C33H41N3. The molecule has 1 aromatic heterocycles. The molecule has 36 heavy (non-hydrogen) atoms. The number of aromatic nitrogens is 3. The molecule has 0 saturated heterocycles. The monoisotopic (exact) mass is 479 g/mol. The van der Waals surface area contributed by atoms with Gasteiger partial charge in [0.1, 0.15) is 5.82 Å². The lowest BCUT2D eigenvalue weighted by Crippen LogP contribution is -2.23. The second kappa shape index (κ2) is 10.0. The van der Waals surface area contributed by atoms with Crippen LogP contribution in [0.15, 0.2) is 72.8 Å². The van der Waals surface area contributed by atoms with E-state index in [0.29, 0.717) is 5.92 Å². The molecule has 4 aromatic rings. The average Bonchev–Trinajstić information content (AvgIpc) is 3.30. The van der Waals surface area contributed by atoms with Crippen molar-refractivity contribution < 1.29 is 0 Å². The number of hydrogen-bond acceptors (Lipinski definition) is 2. The van der Waals surface area contributed by atoms with Gasteiger partial charge in [-0.2, -0.15) is 0 Å². The van der Waals surface area contributed by atoms with Crippen LogP contribution < -0.4 is 0 Å². The van der Waals surface area contributed by atoms with Gasteiger partial charge in [0.15, 0.2) is 5.82 Å². The zero-order valence-electron chi connectivity index (χ0n) is 23.3. The molecule has 0 bridgehead atoms. The number of rotatable bonds is 7. The van der Waals surface area contributed by atoms with Crippen molar-refractivity contribution in [2.45, 2.75) is 85.0 Å². The Kier molecular flexibility index (Phi) is 7.22. The van der Waals surface area contributed by atoms with E-state index in [0.717, 1.165) is 30.1 Å². The van der Waals surface area contributed by atoms with Gasteiger partial charge in [0.2, 0.25) is 0 Å². The predicted octanol–water partition coefficient (Wildman–Crippen LogP) is 9.10. The maximum Gasteiger partial charge on any atom is 0.168 e. The van der Waals surface area contributed by atoms with Gasteiger partial charge in [0, 0.05) is 11.0 Å². The van der Waals surface area contributed by atoms with Gasteiger partial charge in [-0.15, -0.1) is 10.2 Å². The average molecular weight is 480 g/mol. The number of nitrogens with zero attached hydrogens (tertiary/aromatic N) is 3. The smallest absolute Gasteiger partial charge is 0.168 e. The van der Waals surface area contributed by atoms with Gasteiger partial charge < -0.3 is 0 Å². The highest BCUT2D eigenvalue weighted by molar-refractivity contribution is 5.69. The first-order valence-electron chi connectivity index (χ1n) is 13.3. The van der Waals surface area contributed by atoms with Gasteiger partial charge in [-0.3, -0.25) is 4.57 Å². The minimum Gasteiger partial charge on any atom is -0.278 e. The van der Waals surface area contributed by atoms with Crippen molar-refractivity contribution >= 4 is 0 Å². The summed E-state index contributed by atoms with van der Waals surface area (Å²) in [6.45, 7) is 18.1. The normalized spacial score (nSPS) is 12.4. The van der Waals surface area contributed by atoms with E-state index in [1.165, 1.54) is 27.9 Å². The highest BCUT2D eigenvalue weighted by Crippen LogP contribution is 2.37. The maximum atomic E-state index is 4.85. The topological polar surface area (TPSA) is 30.7 Å². The van der Waals surface area contributed by atoms with Crippen LogP contribution in [0.3, 0.4) is 0 Å². The summed E-state index contributed by atoms with van der Waals surface area (Å²) in [5.41, 5.74) is 7.31. The van der Waals surface area contributed by atoms with Crippen LogP contribution in [0.4, 0.5) is 0 Å². The van der Waals surface area contributed by atoms with Crippen molar-refractivity contribution in [3.05, 3.63) is 89.7 Å². The molecule has 3 heteroatoms. The Hall–Kier alpha value is -3.20. The summed E-state index contributed by atoms with van der Waals surface area (Å²) in [7, 11) is 0. The van der Waals surface area contributed by atoms with Crippen LogP contribution in [-0.2, 0) is 10.8 Å². The number of benzene rings is 3. The van der Waals surface area contributed by atoms with Gasteiger partial charge in [0.05, 0.1) is 5.69 Å². The highest BCUT2D eigenvalue weighted by atomic mass is 15.3. The Balaban J connectivity index is 1.98. The van der Waals surface area contributed by atoms with Crippen molar-refractivity contribution in [2.75, 3.05) is 0 Å². The van der Waals surface area contributed by atoms with Crippen LogP contribution in [0.25, 0.3) is 28.2 Å². The van der Waals surface area contributed by atoms with Crippen LogP contribution >= 0.6 is 0 Å². The van der Waals surface area contributed by atoms with E-state index >= 15 is 0 Å². The largest absolute Gasteiger partial charge is 0.278 e. The fourth-order valence-corrected chi connectivity index (χ4v) is 5.03. The summed E-state index contributed by atoms with van der Waals surface area (Å²) < 4.78 is 2.33. The van der Waals surface area contributed by atoms with Crippen molar-refractivity contribution in [3.8, 4) is 28.2 Å². The zero-order valence-corrected chi connectivity index (χ0v) is 23.3. The Morgan fingerprint density at radius 3 is 2.08 bits per heavy atom. The third-order valence-corrected chi connectivity index (χ3v) is 7.13. The third-order valence-electron chi connectivity index (χ3n) is 7.13. The standard InChI is InChI=1S/C33H41N3/c1-9-20-33(7,8)31-35-34-30(26-16-13-17-27(21-26)32(4,5)6)36(31)29-19-18-25(22-28(29)23(2)3)24-14-11-10-12-15-24/h10-19,21-23H,9,20H2,1-8H3. The molecule has 0 saturated carbocycles. The SMILES string of the molecule is CCCC(C)(C)c1nnc(-c2cccc(C(C)(C)C)c2)n1-c1ccc(-c2ccccc2)cc1C(C)C. The summed E-state index contributed by atoms with van der Waals surface area (Å²) in [5.74, 6) is 2.28. The number of hydrogen-bond donors (Lipinski definition) is 0. The molecule has 3 nitrogen and oxygen atoms in total. The molecule has 0 aliphatic rings. The van der Waals surface area contributed by atoms with Crippen molar-refractivity contribution in [1.29, 1.82) is 0 Å². The molecule has 0 atom stereocenters. The summed E-state index contributed by atoms with van der Waals surface area (Å²) in [6, 6.07) is 26.3. The van der Waals surface area contributed by atoms with Gasteiger partial charge in [-0.05, 0) is 58.2 Å². The van der Waals surface area contributed by atoms with Gasteiger partial charge in [-0.1, -0.05) is 116 Å². The minimum atomic E-state index is -0.103. The Labute approximate surface area is 217 Å². The Bertz CT molecular complexity index is 1320. The van der Waals surface area contributed by atoms with Crippen LogP contribution in [0, 0.1) is 0 Å². The molecule has 188 valence electrons. The lowest BCUT2D eigenvalue weighted by atomic mass is 9.85. The third kappa shape index (κ3) is 5.16. The second-order valence-electron chi connectivity index (χ2n) is 11.9. The fraction of sp³-hybridized carbons (Fsp3) is 0.394. The molecule has 0 N–H and O–H groups in total. The van der Waals surface area contributed by atoms with Gasteiger partial charge in [0.25, 0.3) is 0 Å². The molecule has 0 amide bonds. The summed E-state index contributed by atoms with van der Waals surface area (Å²) in [5, 5.41) is 9.67. The molecular weight excluding hydrogens is 438 g/mol. The molecule has 0 aliphatic heterocycles. The summed E-state index contributed by atoms with van der Waals surface area (Å²) >= 11 is 0. The zero-order chi connectivity index (χ0) is 26.1. The molecule has 1 heterocycles. The van der Waals surface area contributed by atoms with E-state index in [-0.39, 0.29) is 10.8 Å². The van der Waals surface area contributed by atoms with Crippen molar-refractivity contribution in [3.63, 3.8) is 0 Å². The van der Waals surface area contributed by atoms with Gasteiger partial charge >= 0.3 is 0 Å². The van der Waals surface area contributed by atoms with E-state index in [1.54, 1.807) is 0 Å². The Morgan fingerprint density at radius 2 is 1.44 bits per heavy atom. The molecule has 0 unspecified atom stereocenters. The van der Waals surface area contributed by atoms with Crippen LogP contribution in [0.1, 0.15) is 91.1 Å². The predicted molar refractivity (Wildman–Crippen MR) is 153 cm³/mol.